The van der Waals surface area contributed by atoms with Gasteiger partial charge in [-0.1, -0.05) is 34.2 Å². The zero-order chi connectivity index (χ0) is 12.3. The van der Waals surface area contributed by atoms with Crippen LogP contribution in [0.3, 0.4) is 0 Å². The van der Waals surface area contributed by atoms with Crippen molar-refractivity contribution < 1.29 is 4.74 Å². The van der Waals surface area contributed by atoms with E-state index in [0.29, 0.717) is 4.83 Å². The predicted octanol–water partition coefficient (Wildman–Crippen LogP) is 4.06. The number of nitrogens with zero attached hydrogens (tertiary/aromatic N) is 2. The zero-order valence-corrected chi connectivity index (χ0v) is 12.1. The lowest BCUT2D eigenvalue weighted by Crippen LogP contribution is -1.85. The Morgan fingerprint density at radius 2 is 2.00 bits per heavy atom. The summed E-state index contributed by atoms with van der Waals surface area (Å²) >= 11 is 5.20. The number of methoxy groups -OCH3 is 1. The van der Waals surface area contributed by atoms with Crippen molar-refractivity contribution in [2.45, 2.75) is 18.2 Å². The molecule has 0 bridgehead atoms. The van der Waals surface area contributed by atoms with Crippen molar-refractivity contribution in [2.75, 3.05) is 7.11 Å². The number of ether oxygens (including phenoxy) is 1. The van der Waals surface area contributed by atoms with Crippen LogP contribution in [-0.4, -0.2) is 17.3 Å². The van der Waals surface area contributed by atoms with Crippen LogP contribution in [0.5, 0.6) is 5.75 Å². The highest BCUT2D eigenvalue weighted by Crippen LogP contribution is 2.32. The number of rotatable bonds is 4. The maximum Gasteiger partial charge on any atom is 0.147 e. The van der Waals surface area contributed by atoms with Crippen molar-refractivity contribution in [2.24, 2.45) is 0 Å². The summed E-state index contributed by atoms with van der Waals surface area (Å²) in [6.45, 7) is 2.12. The summed E-state index contributed by atoms with van der Waals surface area (Å²) < 4.78 is 5.13. The SMILES string of the molecule is CCC(Br)c1nnc(-c2ccc(OC)cc2)s1. The number of aromatic nitrogens is 2. The second kappa shape index (κ2) is 5.60. The molecule has 0 radical (unpaired) electrons. The fraction of sp³-hybridized carbons (Fsp3) is 0.333. The Labute approximate surface area is 113 Å². The topological polar surface area (TPSA) is 35.0 Å². The molecule has 0 aliphatic heterocycles. The zero-order valence-electron chi connectivity index (χ0n) is 9.68. The Morgan fingerprint density at radius 1 is 1.29 bits per heavy atom. The fourth-order valence-electron chi connectivity index (χ4n) is 1.39. The van der Waals surface area contributed by atoms with E-state index in [0.717, 1.165) is 27.7 Å². The second-order valence-electron chi connectivity index (χ2n) is 3.55. The first kappa shape index (κ1) is 12.5. The normalized spacial score (nSPS) is 12.4. The predicted molar refractivity (Wildman–Crippen MR) is 73.9 cm³/mol. The summed E-state index contributed by atoms with van der Waals surface area (Å²) in [6.07, 6.45) is 1.01. The van der Waals surface area contributed by atoms with Crippen LogP contribution in [0.25, 0.3) is 10.6 Å². The van der Waals surface area contributed by atoms with Crippen LogP contribution in [0.4, 0.5) is 0 Å². The molecule has 0 aliphatic rings. The van der Waals surface area contributed by atoms with Crippen LogP contribution in [0.1, 0.15) is 23.2 Å². The van der Waals surface area contributed by atoms with Crippen LogP contribution < -0.4 is 4.74 Å². The second-order valence-corrected chi connectivity index (χ2v) is 5.66. The first-order valence-electron chi connectivity index (χ1n) is 5.36. The average molecular weight is 313 g/mol. The quantitative estimate of drug-likeness (QED) is 0.799. The number of hydrogen-bond acceptors (Lipinski definition) is 4. The minimum Gasteiger partial charge on any atom is -0.497 e. The molecule has 1 aromatic heterocycles. The summed E-state index contributed by atoms with van der Waals surface area (Å²) in [6, 6.07) is 7.86. The molecule has 0 saturated carbocycles. The van der Waals surface area contributed by atoms with E-state index in [2.05, 4.69) is 33.1 Å². The molecule has 5 heteroatoms. The highest BCUT2D eigenvalue weighted by molar-refractivity contribution is 9.09. The molecule has 0 N–H and O–H groups in total. The van der Waals surface area contributed by atoms with Gasteiger partial charge in [0, 0.05) is 5.56 Å². The van der Waals surface area contributed by atoms with Crippen molar-refractivity contribution in [3.05, 3.63) is 29.3 Å². The average Bonchev–Trinajstić information content (AvgIpc) is 2.87. The van der Waals surface area contributed by atoms with Gasteiger partial charge in [0.25, 0.3) is 0 Å². The minimum absolute atomic E-state index is 0.298. The molecule has 0 aliphatic carbocycles. The maximum atomic E-state index is 5.13. The lowest BCUT2D eigenvalue weighted by atomic mass is 10.2. The van der Waals surface area contributed by atoms with Gasteiger partial charge in [-0.25, -0.2) is 0 Å². The summed E-state index contributed by atoms with van der Waals surface area (Å²) in [4.78, 5) is 0.298. The Balaban J connectivity index is 2.24. The molecule has 0 amide bonds. The van der Waals surface area contributed by atoms with Gasteiger partial charge in [-0.05, 0) is 30.7 Å². The van der Waals surface area contributed by atoms with E-state index in [-0.39, 0.29) is 0 Å². The van der Waals surface area contributed by atoms with E-state index < -0.39 is 0 Å². The van der Waals surface area contributed by atoms with Gasteiger partial charge in [0.05, 0.1) is 11.9 Å². The molecule has 0 saturated heterocycles. The largest absolute Gasteiger partial charge is 0.497 e. The molecule has 0 fully saturated rings. The van der Waals surface area contributed by atoms with Crippen molar-refractivity contribution in [3.63, 3.8) is 0 Å². The van der Waals surface area contributed by atoms with E-state index >= 15 is 0 Å². The molecule has 3 nitrogen and oxygen atoms in total. The van der Waals surface area contributed by atoms with Gasteiger partial charge in [-0.3, -0.25) is 0 Å². The first-order chi connectivity index (χ1) is 8.24. The molecule has 1 unspecified atom stereocenters. The van der Waals surface area contributed by atoms with Gasteiger partial charge in [-0.15, -0.1) is 10.2 Å². The molecule has 1 heterocycles. The Hall–Kier alpha value is -0.940. The van der Waals surface area contributed by atoms with E-state index in [9.17, 15) is 0 Å². The number of hydrogen-bond donors (Lipinski definition) is 0. The highest BCUT2D eigenvalue weighted by Gasteiger charge is 2.12. The summed E-state index contributed by atoms with van der Waals surface area (Å²) in [5, 5.41) is 10.4. The third kappa shape index (κ3) is 2.84. The molecule has 0 spiro atoms. The van der Waals surface area contributed by atoms with Gasteiger partial charge in [0.1, 0.15) is 15.8 Å². The van der Waals surface area contributed by atoms with Crippen LogP contribution >= 0.6 is 27.3 Å². The molecule has 90 valence electrons. The molecular weight excluding hydrogens is 300 g/mol. The first-order valence-corrected chi connectivity index (χ1v) is 7.09. The fourth-order valence-corrected chi connectivity index (χ4v) is 2.67. The number of benzene rings is 1. The maximum absolute atomic E-state index is 5.13. The van der Waals surface area contributed by atoms with Crippen molar-refractivity contribution >= 4 is 27.3 Å². The summed E-state index contributed by atoms with van der Waals surface area (Å²) in [7, 11) is 1.66. The molecular formula is C12H13BrN2OS. The van der Waals surface area contributed by atoms with E-state index in [1.54, 1.807) is 18.4 Å². The Kier molecular flexibility index (Phi) is 4.12. The van der Waals surface area contributed by atoms with Gasteiger partial charge >= 0.3 is 0 Å². The standard InChI is InChI=1S/C12H13BrN2OS/c1-3-10(13)12-15-14-11(17-12)8-4-6-9(16-2)7-5-8/h4-7,10H,3H2,1-2H3. The van der Waals surface area contributed by atoms with Crippen LogP contribution in [0.15, 0.2) is 24.3 Å². The minimum atomic E-state index is 0.298. The highest BCUT2D eigenvalue weighted by atomic mass is 79.9. The third-order valence-electron chi connectivity index (χ3n) is 2.40. The lowest BCUT2D eigenvalue weighted by Gasteiger charge is -2.00. The van der Waals surface area contributed by atoms with Gasteiger partial charge in [-0.2, -0.15) is 0 Å². The van der Waals surface area contributed by atoms with Crippen molar-refractivity contribution in [1.29, 1.82) is 0 Å². The van der Waals surface area contributed by atoms with Gasteiger partial charge < -0.3 is 4.74 Å². The molecule has 17 heavy (non-hydrogen) atoms. The van der Waals surface area contributed by atoms with Crippen LogP contribution in [0, 0.1) is 0 Å². The Morgan fingerprint density at radius 3 is 2.59 bits per heavy atom. The summed E-state index contributed by atoms with van der Waals surface area (Å²) in [5.74, 6) is 0.852. The molecule has 1 aromatic carbocycles. The lowest BCUT2D eigenvalue weighted by molar-refractivity contribution is 0.415. The van der Waals surface area contributed by atoms with Crippen molar-refractivity contribution in [3.8, 4) is 16.3 Å². The number of alkyl halides is 1. The van der Waals surface area contributed by atoms with E-state index in [1.807, 2.05) is 24.3 Å². The van der Waals surface area contributed by atoms with Gasteiger partial charge in [0.2, 0.25) is 0 Å². The summed E-state index contributed by atoms with van der Waals surface area (Å²) in [5.41, 5.74) is 1.07. The van der Waals surface area contributed by atoms with E-state index in [4.69, 9.17) is 4.74 Å². The smallest absolute Gasteiger partial charge is 0.147 e. The van der Waals surface area contributed by atoms with E-state index in [1.165, 1.54) is 0 Å². The van der Waals surface area contributed by atoms with Crippen molar-refractivity contribution in [1.82, 2.24) is 10.2 Å². The molecule has 2 aromatic rings. The Bertz CT molecular complexity index is 484. The van der Waals surface area contributed by atoms with Crippen LogP contribution in [0.2, 0.25) is 0 Å². The molecule has 2 rings (SSSR count). The monoisotopic (exact) mass is 312 g/mol. The number of halogens is 1. The van der Waals surface area contributed by atoms with Gasteiger partial charge in [0.15, 0.2) is 0 Å². The van der Waals surface area contributed by atoms with Crippen LogP contribution in [-0.2, 0) is 0 Å². The molecule has 1 atom stereocenters. The third-order valence-corrected chi connectivity index (χ3v) is 4.87.